The van der Waals surface area contributed by atoms with Gasteiger partial charge in [-0.15, -0.1) is 0 Å². The number of nitrogen functional groups attached to an aromatic ring is 1. The van der Waals surface area contributed by atoms with E-state index in [1.807, 2.05) is 37.3 Å². The van der Waals surface area contributed by atoms with Crippen LogP contribution in [0.3, 0.4) is 0 Å². The summed E-state index contributed by atoms with van der Waals surface area (Å²) < 4.78 is 12.2. The van der Waals surface area contributed by atoms with E-state index in [1.165, 1.54) is 0 Å². The van der Waals surface area contributed by atoms with Crippen LogP contribution < -0.4 is 10.6 Å². The molecule has 7 heteroatoms. The third kappa shape index (κ3) is 3.10. The number of benzene rings is 1. The van der Waals surface area contributed by atoms with Crippen molar-refractivity contribution in [3.05, 3.63) is 41.5 Å². The highest BCUT2D eigenvalue weighted by atomic mass is 32.2. The Morgan fingerprint density at radius 3 is 2.70 bits per heavy atom. The molecule has 1 aliphatic rings. The van der Waals surface area contributed by atoms with Gasteiger partial charge in [0, 0.05) is 11.3 Å². The molecule has 3 rings (SSSR count). The summed E-state index contributed by atoms with van der Waals surface area (Å²) >= 11 is 0. The van der Waals surface area contributed by atoms with Gasteiger partial charge in [0.15, 0.2) is 0 Å². The van der Waals surface area contributed by atoms with Gasteiger partial charge < -0.3 is 5.73 Å². The lowest BCUT2D eigenvalue weighted by atomic mass is 10.2. The molecule has 120 valence electrons. The van der Waals surface area contributed by atoms with E-state index < -0.39 is 10.8 Å². The van der Waals surface area contributed by atoms with Gasteiger partial charge in [-0.25, -0.2) is 9.97 Å². The van der Waals surface area contributed by atoms with Gasteiger partial charge in [-0.05, 0) is 12.0 Å². The van der Waals surface area contributed by atoms with E-state index in [0.29, 0.717) is 23.7 Å². The molecule has 0 radical (unpaired) electrons. The lowest BCUT2D eigenvalue weighted by Crippen LogP contribution is -2.27. The van der Waals surface area contributed by atoms with E-state index in [0.717, 1.165) is 12.0 Å². The fourth-order valence-electron chi connectivity index (χ4n) is 2.53. The van der Waals surface area contributed by atoms with Crippen LogP contribution in [-0.4, -0.2) is 25.8 Å². The molecule has 23 heavy (non-hydrogen) atoms. The Balaban J connectivity index is 1.97. The summed E-state index contributed by atoms with van der Waals surface area (Å²) in [6, 6.07) is 9.67. The predicted octanol–water partition coefficient (Wildman–Crippen LogP) is 1.67. The van der Waals surface area contributed by atoms with Gasteiger partial charge in [-0.2, -0.15) is 0 Å². The number of hydrogen-bond acceptors (Lipinski definition) is 5. The molecule has 1 aromatic heterocycles. The summed E-state index contributed by atoms with van der Waals surface area (Å²) in [5, 5.41) is 0.205. The average Bonchev–Trinajstić information content (AvgIpc) is 2.86. The van der Waals surface area contributed by atoms with Crippen LogP contribution in [0.1, 0.15) is 24.5 Å². The molecule has 1 atom stereocenters. The van der Waals surface area contributed by atoms with E-state index in [2.05, 4.69) is 9.97 Å². The van der Waals surface area contributed by atoms with Crippen LogP contribution in [-0.2, 0) is 28.6 Å². The van der Waals surface area contributed by atoms with Crippen molar-refractivity contribution >= 4 is 28.3 Å². The molecule has 0 aliphatic carbocycles. The number of rotatable bonds is 5. The molecule has 0 fully saturated rings. The van der Waals surface area contributed by atoms with Crippen LogP contribution in [0.5, 0.6) is 0 Å². The van der Waals surface area contributed by atoms with Crippen molar-refractivity contribution in [1.29, 1.82) is 0 Å². The first-order chi connectivity index (χ1) is 11.1. The minimum Gasteiger partial charge on any atom is -0.383 e. The number of aromatic nitrogens is 2. The number of nitrogens with zero attached hydrogens (tertiary/aromatic N) is 3. The molecule has 1 unspecified atom stereocenters. The Hall–Kier alpha value is -2.28. The molecule has 0 saturated carbocycles. The molecular weight excluding hydrogens is 312 g/mol. The Bertz CT molecular complexity index is 764. The van der Waals surface area contributed by atoms with Gasteiger partial charge in [0.1, 0.15) is 11.6 Å². The fourth-order valence-corrected chi connectivity index (χ4v) is 3.48. The van der Waals surface area contributed by atoms with Crippen LogP contribution in [0.15, 0.2) is 35.5 Å². The van der Waals surface area contributed by atoms with Crippen LogP contribution >= 0.6 is 0 Å². The second-order valence-corrected chi connectivity index (χ2v) is 6.85. The maximum absolute atomic E-state index is 12.3. The predicted molar refractivity (Wildman–Crippen MR) is 89.3 cm³/mol. The van der Waals surface area contributed by atoms with Crippen LogP contribution in [0, 0.1) is 0 Å². The number of hydrogen-bond donors (Lipinski definition) is 1. The average molecular weight is 330 g/mol. The molecule has 2 heterocycles. The van der Waals surface area contributed by atoms with Gasteiger partial charge in [0.05, 0.1) is 23.8 Å². The van der Waals surface area contributed by atoms with Crippen molar-refractivity contribution in [1.82, 2.24) is 9.97 Å². The molecule has 0 saturated heterocycles. The van der Waals surface area contributed by atoms with Gasteiger partial charge in [0.2, 0.25) is 11.1 Å². The molecule has 6 nitrogen and oxygen atoms in total. The summed E-state index contributed by atoms with van der Waals surface area (Å²) in [5.41, 5.74) is 7.59. The Morgan fingerprint density at radius 2 is 2.00 bits per heavy atom. The molecule has 1 aromatic carbocycles. The molecule has 1 amide bonds. The molecule has 1 aliphatic heterocycles. The maximum atomic E-state index is 12.3. The number of carbonyl (C=O) groups excluding carboxylic acids is 1. The van der Waals surface area contributed by atoms with Gasteiger partial charge >= 0.3 is 0 Å². The third-order valence-corrected chi connectivity index (χ3v) is 5.03. The first kappa shape index (κ1) is 15.6. The van der Waals surface area contributed by atoms with E-state index in [9.17, 15) is 9.00 Å². The zero-order chi connectivity index (χ0) is 16.4. The smallest absolute Gasteiger partial charge is 0.233 e. The lowest BCUT2D eigenvalue weighted by Gasteiger charge is -2.17. The zero-order valence-electron chi connectivity index (χ0n) is 12.9. The zero-order valence-corrected chi connectivity index (χ0v) is 13.7. The molecule has 0 spiro atoms. The quantitative estimate of drug-likeness (QED) is 0.842. The second-order valence-electron chi connectivity index (χ2n) is 5.39. The first-order valence-electron chi connectivity index (χ1n) is 7.49. The molecule has 2 aromatic rings. The summed E-state index contributed by atoms with van der Waals surface area (Å²) in [5.74, 6) is 1.15. The number of amides is 1. The normalized spacial score (nSPS) is 14.8. The van der Waals surface area contributed by atoms with Gasteiger partial charge in [-0.1, -0.05) is 37.3 Å². The summed E-state index contributed by atoms with van der Waals surface area (Å²) in [7, 11) is -1.30. The molecule has 2 N–H and O–H groups in total. The van der Waals surface area contributed by atoms with Crippen molar-refractivity contribution in [3.63, 3.8) is 0 Å². The molecule has 0 bridgehead atoms. The van der Waals surface area contributed by atoms with Gasteiger partial charge in [-0.3, -0.25) is 13.9 Å². The largest absolute Gasteiger partial charge is 0.383 e. The highest BCUT2D eigenvalue weighted by Gasteiger charge is 2.32. The number of nitrogens with two attached hydrogens (primary N) is 1. The minimum absolute atomic E-state index is 0.0664. The van der Waals surface area contributed by atoms with Crippen molar-refractivity contribution in [3.8, 4) is 0 Å². The van der Waals surface area contributed by atoms with Crippen molar-refractivity contribution in [2.24, 2.45) is 0 Å². The van der Waals surface area contributed by atoms with E-state index in [4.69, 9.17) is 5.73 Å². The maximum Gasteiger partial charge on any atom is 0.233 e. The first-order valence-corrected chi connectivity index (χ1v) is 8.81. The van der Waals surface area contributed by atoms with Gasteiger partial charge in [0.25, 0.3) is 0 Å². The SMILES string of the molecule is CCCS(=O)c1nc(N)c2c(n1)N(Cc1ccccc1)C(=O)C2. The number of carbonyl (C=O) groups is 1. The van der Waals surface area contributed by atoms with E-state index in [-0.39, 0.29) is 23.3 Å². The van der Waals surface area contributed by atoms with E-state index >= 15 is 0 Å². The Labute approximate surface area is 137 Å². The summed E-state index contributed by atoms with van der Waals surface area (Å²) in [4.78, 5) is 22.4. The standard InChI is InChI=1S/C16H18N4O2S/c1-2-8-23(22)16-18-14(17)12-9-13(21)20(15(12)19-16)10-11-6-4-3-5-7-11/h3-7H,2,8-10H2,1H3,(H2,17,18,19). The lowest BCUT2D eigenvalue weighted by molar-refractivity contribution is -0.117. The van der Waals surface area contributed by atoms with Crippen molar-refractivity contribution in [2.45, 2.75) is 31.5 Å². The van der Waals surface area contributed by atoms with Crippen LogP contribution in [0.25, 0.3) is 0 Å². The highest BCUT2D eigenvalue weighted by Crippen LogP contribution is 2.32. The van der Waals surface area contributed by atoms with Crippen molar-refractivity contribution in [2.75, 3.05) is 16.4 Å². The fraction of sp³-hybridized carbons (Fsp3) is 0.312. The third-order valence-electron chi connectivity index (χ3n) is 3.66. The van der Waals surface area contributed by atoms with Crippen LogP contribution in [0.4, 0.5) is 11.6 Å². The monoisotopic (exact) mass is 330 g/mol. The second kappa shape index (κ2) is 6.45. The minimum atomic E-state index is -1.30. The Kier molecular flexibility index (Phi) is 4.38. The summed E-state index contributed by atoms with van der Waals surface area (Å²) in [6.07, 6.45) is 0.953. The highest BCUT2D eigenvalue weighted by molar-refractivity contribution is 7.84. The molecular formula is C16H18N4O2S. The Morgan fingerprint density at radius 1 is 1.26 bits per heavy atom. The number of anilines is 2. The van der Waals surface area contributed by atoms with E-state index in [1.54, 1.807) is 4.90 Å². The summed E-state index contributed by atoms with van der Waals surface area (Å²) in [6.45, 7) is 2.36. The van der Waals surface area contributed by atoms with Crippen LogP contribution in [0.2, 0.25) is 0 Å². The topological polar surface area (TPSA) is 89.2 Å². The van der Waals surface area contributed by atoms with Crippen molar-refractivity contribution < 1.29 is 9.00 Å². The number of fused-ring (bicyclic) bond motifs is 1.